The van der Waals surface area contributed by atoms with Gasteiger partial charge < -0.3 is 15.5 Å². The fourth-order valence-electron chi connectivity index (χ4n) is 4.15. The molecule has 2 aliphatic rings. The fourth-order valence-corrected chi connectivity index (χ4v) is 4.15. The molecular formula is C21H32ClN3O2. The van der Waals surface area contributed by atoms with Gasteiger partial charge in [0.1, 0.15) is 0 Å². The number of benzene rings is 1. The van der Waals surface area contributed by atoms with Gasteiger partial charge >= 0.3 is 0 Å². The predicted octanol–water partition coefficient (Wildman–Crippen LogP) is 2.62. The van der Waals surface area contributed by atoms with Crippen molar-refractivity contribution < 1.29 is 9.59 Å². The molecule has 1 aliphatic heterocycles. The molecule has 150 valence electrons. The van der Waals surface area contributed by atoms with Crippen molar-refractivity contribution in [1.29, 1.82) is 0 Å². The molecule has 6 heteroatoms. The number of amides is 2. The Kier molecular flexibility index (Phi) is 8.58. The lowest BCUT2D eigenvalue weighted by Crippen LogP contribution is -2.42. The van der Waals surface area contributed by atoms with Gasteiger partial charge in [-0.3, -0.25) is 9.59 Å². The Balaban J connectivity index is 0.00000261. The highest BCUT2D eigenvalue weighted by Crippen LogP contribution is 2.25. The van der Waals surface area contributed by atoms with Crippen LogP contribution in [0.4, 0.5) is 0 Å². The maximum absolute atomic E-state index is 12.8. The lowest BCUT2D eigenvalue weighted by molar-refractivity contribution is -0.137. The maximum Gasteiger partial charge on any atom is 0.225 e. The number of halogens is 1. The third-order valence-corrected chi connectivity index (χ3v) is 5.69. The van der Waals surface area contributed by atoms with Gasteiger partial charge in [-0.15, -0.1) is 12.4 Å². The van der Waals surface area contributed by atoms with Crippen LogP contribution in [0.3, 0.4) is 0 Å². The van der Waals surface area contributed by atoms with Gasteiger partial charge in [-0.25, -0.2) is 0 Å². The molecule has 1 aromatic carbocycles. The monoisotopic (exact) mass is 393 g/mol. The molecule has 1 heterocycles. The van der Waals surface area contributed by atoms with Gasteiger partial charge in [-0.1, -0.05) is 36.8 Å². The van der Waals surface area contributed by atoms with Crippen LogP contribution in [0.1, 0.15) is 44.1 Å². The summed E-state index contributed by atoms with van der Waals surface area (Å²) in [6.07, 6.45) is 6.04. The number of aryl methyl sites for hydroxylation is 1. The number of hydrogen-bond acceptors (Lipinski definition) is 3. The Morgan fingerprint density at radius 3 is 2.41 bits per heavy atom. The van der Waals surface area contributed by atoms with Gasteiger partial charge in [0.25, 0.3) is 0 Å². The zero-order valence-corrected chi connectivity index (χ0v) is 16.8. The van der Waals surface area contributed by atoms with Crippen molar-refractivity contribution in [2.75, 3.05) is 26.2 Å². The van der Waals surface area contributed by atoms with E-state index in [1.54, 1.807) is 0 Å². The zero-order chi connectivity index (χ0) is 18.4. The molecule has 0 radical (unpaired) electrons. The molecule has 0 aromatic heterocycles. The van der Waals surface area contributed by atoms with Crippen LogP contribution < -0.4 is 5.73 Å². The highest BCUT2D eigenvalue weighted by Gasteiger charge is 2.30. The number of carbonyl (C=O) groups is 2. The molecule has 2 amide bonds. The molecule has 1 aliphatic carbocycles. The van der Waals surface area contributed by atoms with E-state index in [1.807, 2.05) is 28.0 Å². The summed E-state index contributed by atoms with van der Waals surface area (Å²) in [6, 6.07) is 10.3. The fraction of sp³-hybridized carbons (Fsp3) is 0.619. The summed E-state index contributed by atoms with van der Waals surface area (Å²) in [6.45, 7) is 2.81. The van der Waals surface area contributed by atoms with Crippen LogP contribution in [0, 0.1) is 5.92 Å². The Bertz CT molecular complexity index is 611. The highest BCUT2D eigenvalue weighted by molar-refractivity contribution is 5.85. The summed E-state index contributed by atoms with van der Waals surface area (Å²) >= 11 is 0. The second-order valence-corrected chi connectivity index (χ2v) is 7.67. The Morgan fingerprint density at radius 1 is 0.963 bits per heavy atom. The van der Waals surface area contributed by atoms with E-state index in [9.17, 15) is 9.59 Å². The van der Waals surface area contributed by atoms with Crippen molar-refractivity contribution in [1.82, 2.24) is 9.80 Å². The molecule has 1 saturated carbocycles. The van der Waals surface area contributed by atoms with Crippen LogP contribution in [0.25, 0.3) is 0 Å². The largest absolute Gasteiger partial charge is 0.341 e. The van der Waals surface area contributed by atoms with E-state index < -0.39 is 0 Å². The lowest BCUT2D eigenvalue weighted by atomic mass is 9.85. The number of nitrogens with zero attached hydrogens (tertiary/aromatic N) is 2. The van der Waals surface area contributed by atoms with Crippen molar-refractivity contribution in [2.24, 2.45) is 11.7 Å². The van der Waals surface area contributed by atoms with E-state index in [1.165, 1.54) is 5.56 Å². The molecule has 1 saturated heterocycles. The zero-order valence-electron chi connectivity index (χ0n) is 16.0. The molecule has 5 nitrogen and oxygen atoms in total. The summed E-state index contributed by atoms with van der Waals surface area (Å²) in [5.74, 6) is 0.528. The van der Waals surface area contributed by atoms with E-state index in [-0.39, 0.29) is 36.2 Å². The number of hydrogen-bond donors (Lipinski definition) is 1. The average Bonchev–Trinajstić information content (AvgIpc) is 2.92. The molecule has 2 atom stereocenters. The lowest BCUT2D eigenvalue weighted by Gasteiger charge is -2.30. The first-order valence-electron chi connectivity index (χ1n) is 9.99. The second-order valence-electron chi connectivity index (χ2n) is 7.67. The molecule has 2 N–H and O–H groups in total. The Labute approximate surface area is 168 Å². The molecular weight excluding hydrogens is 362 g/mol. The van der Waals surface area contributed by atoms with Crippen LogP contribution in [-0.2, 0) is 16.0 Å². The van der Waals surface area contributed by atoms with E-state index in [0.29, 0.717) is 19.5 Å². The van der Waals surface area contributed by atoms with Crippen LogP contribution in [0.15, 0.2) is 30.3 Å². The predicted molar refractivity (Wildman–Crippen MR) is 110 cm³/mol. The van der Waals surface area contributed by atoms with Crippen molar-refractivity contribution in [3.8, 4) is 0 Å². The molecule has 2 unspecified atom stereocenters. The third kappa shape index (κ3) is 6.22. The first kappa shape index (κ1) is 21.7. The number of rotatable bonds is 4. The topological polar surface area (TPSA) is 66.6 Å². The molecule has 27 heavy (non-hydrogen) atoms. The maximum atomic E-state index is 12.8. The van der Waals surface area contributed by atoms with Crippen molar-refractivity contribution in [3.05, 3.63) is 35.9 Å². The minimum absolute atomic E-state index is 0. The van der Waals surface area contributed by atoms with Gasteiger partial charge in [-0.2, -0.15) is 0 Å². The van der Waals surface area contributed by atoms with Crippen LogP contribution >= 0.6 is 12.4 Å². The first-order valence-corrected chi connectivity index (χ1v) is 9.99. The molecule has 2 fully saturated rings. The molecule has 3 rings (SSSR count). The van der Waals surface area contributed by atoms with E-state index in [0.717, 1.165) is 51.6 Å². The van der Waals surface area contributed by atoms with Crippen molar-refractivity contribution in [3.63, 3.8) is 0 Å². The average molecular weight is 394 g/mol. The van der Waals surface area contributed by atoms with E-state index in [2.05, 4.69) is 12.1 Å². The van der Waals surface area contributed by atoms with Crippen molar-refractivity contribution in [2.45, 2.75) is 51.0 Å². The molecule has 0 spiro atoms. The molecule has 0 bridgehead atoms. The Morgan fingerprint density at radius 2 is 1.67 bits per heavy atom. The van der Waals surface area contributed by atoms with Gasteiger partial charge in [0.05, 0.1) is 0 Å². The standard InChI is InChI=1S/C21H31N3O2.ClH/c22-19-9-4-8-18(16-19)21(26)24-13-5-12-23(14-15-24)20(25)11-10-17-6-2-1-3-7-17;/h1-3,6-7,18-19H,4-5,8-16,22H2;1H. The van der Waals surface area contributed by atoms with Crippen LogP contribution in [-0.4, -0.2) is 53.8 Å². The summed E-state index contributed by atoms with van der Waals surface area (Å²) in [4.78, 5) is 29.3. The Hall–Kier alpha value is -1.59. The first-order chi connectivity index (χ1) is 12.6. The summed E-state index contributed by atoms with van der Waals surface area (Å²) in [5, 5.41) is 0. The summed E-state index contributed by atoms with van der Waals surface area (Å²) < 4.78 is 0. The van der Waals surface area contributed by atoms with Crippen molar-refractivity contribution >= 4 is 24.2 Å². The van der Waals surface area contributed by atoms with Crippen LogP contribution in [0.2, 0.25) is 0 Å². The van der Waals surface area contributed by atoms with E-state index in [4.69, 9.17) is 5.73 Å². The van der Waals surface area contributed by atoms with Gasteiger partial charge in [0, 0.05) is 44.6 Å². The summed E-state index contributed by atoms with van der Waals surface area (Å²) in [7, 11) is 0. The second kappa shape index (κ2) is 10.7. The van der Waals surface area contributed by atoms with E-state index >= 15 is 0 Å². The minimum Gasteiger partial charge on any atom is -0.341 e. The third-order valence-electron chi connectivity index (χ3n) is 5.69. The molecule has 1 aromatic rings. The van der Waals surface area contributed by atoms with Gasteiger partial charge in [-0.05, 0) is 37.7 Å². The summed E-state index contributed by atoms with van der Waals surface area (Å²) in [5.41, 5.74) is 7.24. The minimum atomic E-state index is 0. The number of nitrogens with two attached hydrogens (primary N) is 1. The SMILES string of the molecule is Cl.NC1CCCC(C(=O)N2CCCN(C(=O)CCc3ccccc3)CC2)C1. The van der Waals surface area contributed by atoms with Gasteiger partial charge in [0.2, 0.25) is 11.8 Å². The number of carbonyl (C=O) groups excluding carboxylic acids is 2. The highest BCUT2D eigenvalue weighted by atomic mass is 35.5. The quantitative estimate of drug-likeness (QED) is 0.855. The normalized spacial score (nSPS) is 23.3. The van der Waals surface area contributed by atoms with Gasteiger partial charge in [0.15, 0.2) is 0 Å². The smallest absolute Gasteiger partial charge is 0.225 e. The van der Waals surface area contributed by atoms with Crippen LogP contribution in [0.5, 0.6) is 0 Å².